The van der Waals surface area contributed by atoms with E-state index < -0.39 is 0 Å². The molecule has 1 heterocycles. The molecule has 0 radical (unpaired) electrons. The number of aromatic nitrogens is 1. The van der Waals surface area contributed by atoms with E-state index in [1.807, 2.05) is 4.90 Å². The third-order valence-corrected chi connectivity index (χ3v) is 2.31. The van der Waals surface area contributed by atoms with Gasteiger partial charge in [-0.05, 0) is 18.9 Å². The van der Waals surface area contributed by atoms with Crippen molar-refractivity contribution in [2.75, 3.05) is 18.0 Å². The third-order valence-electron chi connectivity index (χ3n) is 2.10. The zero-order chi connectivity index (χ0) is 12.7. The highest BCUT2D eigenvalue weighted by Crippen LogP contribution is 2.21. The smallest absolute Gasteiger partial charge is 0.214 e. The second-order valence-electron chi connectivity index (χ2n) is 3.72. The minimum absolute atomic E-state index is 0.0718. The predicted molar refractivity (Wildman–Crippen MR) is 72.2 cm³/mol. The summed E-state index contributed by atoms with van der Waals surface area (Å²) in [5.41, 5.74) is 0. The summed E-state index contributed by atoms with van der Waals surface area (Å²) < 4.78 is 0. The van der Waals surface area contributed by atoms with E-state index in [0.717, 1.165) is 25.9 Å². The first kappa shape index (κ1) is 13.8. The molecule has 0 aliphatic heterocycles. The van der Waals surface area contributed by atoms with Crippen LogP contribution in [0.4, 0.5) is 5.82 Å². The van der Waals surface area contributed by atoms with E-state index in [4.69, 9.17) is 11.6 Å². The van der Waals surface area contributed by atoms with E-state index in [9.17, 15) is 5.11 Å². The lowest BCUT2D eigenvalue weighted by Gasteiger charge is -2.17. The Hall–Kier alpha value is -1.29. The molecule has 0 bridgehead atoms. The number of rotatable bonds is 6. The minimum atomic E-state index is -0.0718. The van der Waals surface area contributed by atoms with Gasteiger partial charge >= 0.3 is 0 Å². The zero-order valence-electron chi connectivity index (χ0n) is 10.2. The van der Waals surface area contributed by atoms with Crippen molar-refractivity contribution < 1.29 is 5.11 Å². The molecule has 0 spiro atoms. The van der Waals surface area contributed by atoms with Crippen molar-refractivity contribution in [3.8, 4) is 5.88 Å². The molecular formula is C12H18ClN3O. The quantitative estimate of drug-likeness (QED) is 0.628. The molecule has 17 heavy (non-hydrogen) atoms. The van der Waals surface area contributed by atoms with Gasteiger partial charge in [-0.2, -0.15) is 4.98 Å². The molecule has 0 fully saturated rings. The van der Waals surface area contributed by atoms with Crippen LogP contribution < -0.4 is 4.90 Å². The third kappa shape index (κ3) is 4.61. The van der Waals surface area contributed by atoms with Gasteiger partial charge in [0.15, 0.2) is 0 Å². The fourth-order valence-electron chi connectivity index (χ4n) is 1.38. The monoisotopic (exact) mass is 255 g/mol. The number of halogens is 1. The molecule has 0 unspecified atom stereocenters. The summed E-state index contributed by atoms with van der Waals surface area (Å²) in [4.78, 5) is 10.2. The summed E-state index contributed by atoms with van der Waals surface area (Å²) in [6.07, 6.45) is 3.73. The van der Waals surface area contributed by atoms with Crippen molar-refractivity contribution in [1.29, 1.82) is 0 Å². The molecule has 5 heteroatoms. The summed E-state index contributed by atoms with van der Waals surface area (Å²) in [6, 6.07) is 3.13. The minimum Gasteiger partial charge on any atom is -0.493 e. The molecule has 94 valence electrons. The van der Waals surface area contributed by atoms with Crippen LogP contribution in [0, 0.1) is 0 Å². The molecule has 0 aromatic carbocycles. The number of nitrogens with zero attached hydrogens (tertiary/aromatic N) is 3. The van der Waals surface area contributed by atoms with Gasteiger partial charge in [0, 0.05) is 24.2 Å². The Morgan fingerprint density at radius 2 is 2.18 bits per heavy atom. The van der Waals surface area contributed by atoms with Crippen LogP contribution in [0.15, 0.2) is 17.1 Å². The number of pyridine rings is 1. The molecule has 0 atom stereocenters. The average molecular weight is 256 g/mol. The standard InChI is InChI=1S/C12H18ClN3O/c1-3-5-14-9-16(6-4-2)11-7-10(13)8-12(17)15-11/h7-9H,3-6H2,1-2H3,(H,15,17). The lowest BCUT2D eigenvalue weighted by molar-refractivity contribution is 0.454. The number of hydrogen-bond acceptors (Lipinski definition) is 3. The largest absolute Gasteiger partial charge is 0.493 e. The lowest BCUT2D eigenvalue weighted by atomic mass is 10.4. The second kappa shape index (κ2) is 7.12. The molecule has 0 saturated heterocycles. The Bertz CT molecular complexity index is 362. The van der Waals surface area contributed by atoms with Gasteiger partial charge in [-0.1, -0.05) is 25.4 Å². The molecule has 1 aromatic rings. The number of aliphatic imine (C=N–C) groups is 1. The van der Waals surface area contributed by atoms with E-state index in [1.54, 1.807) is 12.4 Å². The van der Waals surface area contributed by atoms with Gasteiger partial charge in [0.05, 0.1) is 6.34 Å². The predicted octanol–water partition coefficient (Wildman–Crippen LogP) is 3.10. The Kier molecular flexibility index (Phi) is 5.77. The van der Waals surface area contributed by atoms with Crippen LogP contribution in [0.3, 0.4) is 0 Å². The molecule has 0 aliphatic carbocycles. The van der Waals surface area contributed by atoms with Crippen LogP contribution in [0.1, 0.15) is 26.7 Å². The lowest BCUT2D eigenvalue weighted by Crippen LogP contribution is -2.23. The molecule has 4 nitrogen and oxygen atoms in total. The van der Waals surface area contributed by atoms with E-state index in [-0.39, 0.29) is 5.88 Å². The molecule has 0 amide bonds. The topological polar surface area (TPSA) is 48.7 Å². The first-order valence-corrected chi connectivity index (χ1v) is 6.18. The van der Waals surface area contributed by atoms with Gasteiger partial charge in [0.1, 0.15) is 5.82 Å². The van der Waals surface area contributed by atoms with Crippen LogP contribution in [0.5, 0.6) is 5.88 Å². The summed E-state index contributed by atoms with van der Waals surface area (Å²) in [7, 11) is 0. The van der Waals surface area contributed by atoms with E-state index in [1.165, 1.54) is 6.07 Å². The SMILES string of the molecule is CCCN=CN(CCC)c1cc(Cl)cc(O)n1. The number of anilines is 1. The van der Waals surface area contributed by atoms with Crippen molar-refractivity contribution in [2.24, 2.45) is 4.99 Å². The van der Waals surface area contributed by atoms with Gasteiger partial charge in [-0.15, -0.1) is 0 Å². The van der Waals surface area contributed by atoms with Gasteiger partial charge in [-0.3, -0.25) is 4.99 Å². The molecular weight excluding hydrogens is 238 g/mol. The van der Waals surface area contributed by atoms with E-state index in [0.29, 0.717) is 10.8 Å². The zero-order valence-corrected chi connectivity index (χ0v) is 11.0. The Morgan fingerprint density at radius 1 is 1.41 bits per heavy atom. The van der Waals surface area contributed by atoms with Crippen LogP contribution >= 0.6 is 11.6 Å². The molecule has 0 saturated carbocycles. The van der Waals surface area contributed by atoms with E-state index >= 15 is 0 Å². The van der Waals surface area contributed by atoms with Crippen LogP contribution in [-0.4, -0.2) is 29.5 Å². The second-order valence-corrected chi connectivity index (χ2v) is 4.15. The summed E-state index contributed by atoms with van der Waals surface area (Å²) in [6.45, 7) is 5.72. The maximum absolute atomic E-state index is 9.42. The maximum Gasteiger partial charge on any atom is 0.214 e. The highest BCUT2D eigenvalue weighted by molar-refractivity contribution is 6.31. The van der Waals surface area contributed by atoms with Gasteiger partial charge in [0.25, 0.3) is 0 Å². The first-order valence-electron chi connectivity index (χ1n) is 5.80. The first-order chi connectivity index (χ1) is 8.17. The molecule has 1 rings (SSSR count). The molecule has 1 N–H and O–H groups in total. The normalized spacial score (nSPS) is 11.0. The highest BCUT2D eigenvalue weighted by Gasteiger charge is 2.07. The van der Waals surface area contributed by atoms with Crippen molar-refractivity contribution >= 4 is 23.8 Å². The van der Waals surface area contributed by atoms with Gasteiger partial charge in [-0.25, -0.2) is 0 Å². The number of aromatic hydroxyl groups is 1. The Morgan fingerprint density at radius 3 is 2.76 bits per heavy atom. The fourth-order valence-corrected chi connectivity index (χ4v) is 1.57. The highest BCUT2D eigenvalue weighted by atomic mass is 35.5. The van der Waals surface area contributed by atoms with E-state index in [2.05, 4.69) is 23.8 Å². The van der Waals surface area contributed by atoms with Gasteiger partial charge in [0.2, 0.25) is 5.88 Å². The molecule has 1 aromatic heterocycles. The van der Waals surface area contributed by atoms with Crippen molar-refractivity contribution in [1.82, 2.24) is 4.98 Å². The summed E-state index contributed by atoms with van der Waals surface area (Å²) >= 11 is 5.88. The Balaban J connectivity index is 2.88. The Labute approximate surface area is 107 Å². The maximum atomic E-state index is 9.42. The van der Waals surface area contributed by atoms with Crippen molar-refractivity contribution in [3.63, 3.8) is 0 Å². The van der Waals surface area contributed by atoms with Crippen LogP contribution in [-0.2, 0) is 0 Å². The van der Waals surface area contributed by atoms with Crippen molar-refractivity contribution in [2.45, 2.75) is 26.7 Å². The van der Waals surface area contributed by atoms with Gasteiger partial charge < -0.3 is 10.0 Å². The fraction of sp³-hybridized carbons (Fsp3) is 0.500. The van der Waals surface area contributed by atoms with Crippen molar-refractivity contribution in [3.05, 3.63) is 17.2 Å². The van der Waals surface area contributed by atoms with Crippen LogP contribution in [0.2, 0.25) is 5.02 Å². The summed E-state index contributed by atoms with van der Waals surface area (Å²) in [5.74, 6) is 0.550. The van der Waals surface area contributed by atoms with Crippen LogP contribution in [0.25, 0.3) is 0 Å². The average Bonchev–Trinajstić information content (AvgIpc) is 2.27. The molecule has 0 aliphatic rings. The summed E-state index contributed by atoms with van der Waals surface area (Å²) in [5, 5.41) is 9.89. The number of hydrogen-bond donors (Lipinski definition) is 1.